The van der Waals surface area contributed by atoms with E-state index in [1.54, 1.807) is 12.1 Å². The van der Waals surface area contributed by atoms with Gasteiger partial charge in [-0.3, -0.25) is 4.72 Å². The molecule has 1 aromatic carbocycles. The predicted molar refractivity (Wildman–Crippen MR) is 112 cm³/mol. The van der Waals surface area contributed by atoms with Crippen molar-refractivity contribution in [2.75, 3.05) is 18.8 Å². The molecule has 0 radical (unpaired) electrons. The van der Waals surface area contributed by atoms with Crippen LogP contribution in [-0.4, -0.2) is 32.4 Å². The third kappa shape index (κ3) is 5.42. The van der Waals surface area contributed by atoms with Crippen molar-refractivity contribution in [2.45, 2.75) is 18.0 Å². The van der Waals surface area contributed by atoms with Gasteiger partial charge < -0.3 is 14.1 Å². The van der Waals surface area contributed by atoms with Gasteiger partial charge in [0.15, 0.2) is 11.6 Å². The number of aromatic nitrogens is 1. The van der Waals surface area contributed by atoms with E-state index in [1.807, 2.05) is 31.1 Å². The maximum atomic E-state index is 12.7. The minimum atomic E-state index is -4.02. The SMILES string of the molecule is CN(C)Cc1ccc(COc2cccnc2NS(=O)(=O)c2cccc(Cl)c2Cl)o1. The molecule has 0 unspecified atom stereocenters. The molecule has 2 aromatic heterocycles. The van der Waals surface area contributed by atoms with Crippen LogP contribution in [-0.2, 0) is 23.2 Å². The van der Waals surface area contributed by atoms with E-state index in [9.17, 15) is 8.42 Å². The van der Waals surface area contributed by atoms with Crippen LogP contribution in [0, 0.1) is 0 Å². The summed E-state index contributed by atoms with van der Waals surface area (Å²) in [5, 5.41) is 0.0717. The van der Waals surface area contributed by atoms with E-state index in [-0.39, 0.29) is 33.1 Å². The van der Waals surface area contributed by atoms with Crippen molar-refractivity contribution >= 4 is 39.0 Å². The molecule has 0 fully saturated rings. The molecule has 3 rings (SSSR count). The van der Waals surface area contributed by atoms with Crippen molar-refractivity contribution in [1.82, 2.24) is 9.88 Å². The molecule has 0 aliphatic heterocycles. The number of pyridine rings is 1. The second-order valence-electron chi connectivity index (χ2n) is 6.40. The van der Waals surface area contributed by atoms with Gasteiger partial charge in [0, 0.05) is 6.20 Å². The maximum absolute atomic E-state index is 12.7. The summed E-state index contributed by atoms with van der Waals surface area (Å²) in [5.74, 6) is 1.69. The van der Waals surface area contributed by atoms with Crippen LogP contribution in [0.3, 0.4) is 0 Å². The van der Waals surface area contributed by atoms with E-state index in [1.165, 1.54) is 24.4 Å². The molecule has 0 saturated carbocycles. The second kappa shape index (κ2) is 9.04. The van der Waals surface area contributed by atoms with Crippen molar-refractivity contribution < 1.29 is 17.6 Å². The van der Waals surface area contributed by atoms with Crippen molar-refractivity contribution in [3.05, 3.63) is 70.2 Å². The van der Waals surface area contributed by atoms with Gasteiger partial charge in [-0.05, 0) is 50.5 Å². The Labute approximate surface area is 179 Å². The predicted octanol–water partition coefficient (Wildman–Crippen LogP) is 4.42. The molecule has 7 nitrogen and oxygen atoms in total. The van der Waals surface area contributed by atoms with Gasteiger partial charge in [-0.2, -0.15) is 0 Å². The van der Waals surface area contributed by atoms with Crippen molar-refractivity contribution in [3.8, 4) is 5.75 Å². The summed E-state index contributed by atoms with van der Waals surface area (Å²) in [7, 11) is -0.132. The van der Waals surface area contributed by atoms with Crippen LogP contribution < -0.4 is 9.46 Å². The number of sulfonamides is 1. The summed E-state index contributed by atoms with van der Waals surface area (Å²) in [6, 6.07) is 11.3. The van der Waals surface area contributed by atoms with Crippen molar-refractivity contribution in [3.63, 3.8) is 0 Å². The molecule has 0 saturated heterocycles. The lowest BCUT2D eigenvalue weighted by molar-refractivity contribution is 0.258. The van der Waals surface area contributed by atoms with Crippen LogP contribution in [0.15, 0.2) is 58.0 Å². The van der Waals surface area contributed by atoms with E-state index in [4.69, 9.17) is 32.4 Å². The lowest BCUT2D eigenvalue weighted by Crippen LogP contribution is -2.15. The van der Waals surface area contributed by atoms with Gasteiger partial charge in [0.05, 0.1) is 16.6 Å². The molecule has 10 heteroatoms. The first-order valence-corrected chi connectivity index (χ1v) is 10.8. The maximum Gasteiger partial charge on any atom is 0.264 e. The minimum Gasteiger partial charge on any atom is -0.482 e. The molecule has 0 aliphatic rings. The molecule has 1 N–H and O–H groups in total. The Bertz CT molecular complexity index is 1100. The fourth-order valence-electron chi connectivity index (χ4n) is 2.50. The Balaban J connectivity index is 1.77. The molecule has 0 aliphatic carbocycles. The van der Waals surface area contributed by atoms with Gasteiger partial charge in [-0.1, -0.05) is 29.3 Å². The van der Waals surface area contributed by atoms with E-state index >= 15 is 0 Å². The fraction of sp³-hybridized carbons (Fsp3) is 0.211. The van der Waals surface area contributed by atoms with Crippen LogP contribution in [0.4, 0.5) is 5.82 Å². The molecule has 0 spiro atoms. The zero-order chi connectivity index (χ0) is 21.0. The second-order valence-corrected chi connectivity index (χ2v) is 8.84. The highest BCUT2D eigenvalue weighted by molar-refractivity contribution is 7.92. The van der Waals surface area contributed by atoms with Crippen molar-refractivity contribution in [2.24, 2.45) is 0 Å². The molecule has 0 amide bonds. The highest BCUT2D eigenvalue weighted by Crippen LogP contribution is 2.31. The number of benzene rings is 1. The number of rotatable bonds is 8. The molecule has 0 atom stereocenters. The first-order valence-electron chi connectivity index (χ1n) is 8.53. The first kappa shape index (κ1) is 21.4. The highest BCUT2D eigenvalue weighted by Gasteiger charge is 2.22. The number of hydrogen-bond donors (Lipinski definition) is 1. The molecule has 3 aromatic rings. The number of ether oxygens (including phenoxy) is 1. The third-order valence-corrected chi connectivity index (χ3v) is 6.08. The Kier molecular flexibility index (Phi) is 6.69. The monoisotopic (exact) mass is 455 g/mol. The largest absolute Gasteiger partial charge is 0.482 e. The normalized spacial score (nSPS) is 11.6. The van der Waals surface area contributed by atoms with E-state index in [0.717, 1.165) is 5.76 Å². The molecule has 29 heavy (non-hydrogen) atoms. The van der Waals surface area contributed by atoms with Gasteiger partial charge in [-0.25, -0.2) is 13.4 Å². The van der Waals surface area contributed by atoms with Crippen LogP contribution in [0.5, 0.6) is 5.75 Å². The molecular formula is C19H19Cl2N3O4S. The number of nitrogens with zero attached hydrogens (tertiary/aromatic N) is 2. The summed E-state index contributed by atoms with van der Waals surface area (Å²) >= 11 is 12.0. The van der Waals surface area contributed by atoms with Crippen LogP contribution in [0.1, 0.15) is 11.5 Å². The van der Waals surface area contributed by atoms with Crippen LogP contribution in [0.2, 0.25) is 10.0 Å². The summed E-state index contributed by atoms with van der Waals surface area (Å²) in [6.07, 6.45) is 1.45. The Morgan fingerprint density at radius 3 is 2.62 bits per heavy atom. The lowest BCUT2D eigenvalue weighted by Gasteiger charge is -2.13. The van der Waals surface area contributed by atoms with Crippen LogP contribution in [0.25, 0.3) is 0 Å². The third-order valence-electron chi connectivity index (χ3n) is 3.77. The van der Waals surface area contributed by atoms with Gasteiger partial charge in [0.25, 0.3) is 10.0 Å². The summed E-state index contributed by atoms with van der Waals surface area (Å²) in [4.78, 5) is 5.90. The number of nitrogens with one attached hydrogen (secondary N) is 1. The molecular weight excluding hydrogens is 437 g/mol. The Morgan fingerprint density at radius 1 is 1.10 bits per heavy atom. The van der Waals surface area contributed by atoms with E-state index in [0.29, 0.717) is 12.3 Å². The first-order chi connectivity index (χ1) is 13.8. The summed E-state index contributed by atoms with van der Waals surface area (Å²) in [6.45, 7) is 0.782. The summed E-state index contributed by atoms with van der Waals surface area (Å²) < 4.78 is 39.3. The lowest BCUT2D eigenvalue weighted by atomic mass is 10.4. The average Bonchev–Trinajstić information content (AvgIpc) is 3.09. The highest BCUT2D eigenvalue weighted by atomic mass is 35.5. The van der Waals surface area contributed by atoms with E-state index in [2.05, 4.69) is 9.71 Å². The number of halogens is 2. The fourth-order valence-corrected chi connectivity index (χ4v) is 4.29. The standard InChI is InChI=1S/C19H19Cl2N3O4S/c1-24(2)11-13-8-9-14(28-13)12-27-16-6-4-10-22-19(16)23-29(25,26)17-7-3-5-15(20)18(17)21/h3-10H,11-12H2,1-2H3,(H,22,23). The van der Waals surface area contributed by atoms with Gasteiger partial charge >= 0.3 is 0 Å². The van der Waals surface area contributed by atoms with Gasteiger partial charge in [0.2, 0.25) is 0 Å². The number of hydrogen-bond acceptors (Lipinski definition) is 6. The Hall–Kier alpha value is -2.26. The zero-order valence-electron chi connectivity index (χ0n) is 15.7. The topological polar surface area (TPSA) is 84.7 Å². The zero-order valence-corrected chi connectivity index (χ0v) is 18.1. The molecule has 0 bridgehead atoms. The van der Waals surface area contributed by atoms with Gasteiger partial charge in [-0.15, -0.1) is 0 Å². The van der Waals surface area contributed by atoms with Crippen molar-refractivity contribution in [1.29, 1.82) is 0 Å². The van der Waals surface area contributed by atoms with Gasteiger partial charge in [0.1, 0.15) is 23.0 Å². The average molecular weight is 456 g/mol. The minimum absolute atomic E-state index is 0.0311. The smallest absolute Gasteiger partial charge is 0.264 e. The summed E-state index contributed by atoms with van der Waals surface area (Å²) in [5.41, 5.74) is 0. The van der Waals surface area contributed by atoms with E-state index < -0.39 is 10.0 Å². The quantitative estimate of drug-likeness (QED) is 0.540. The molecule has 2 heterocycles. The number of anilines is 1. The Morgan fingerprint density at radius 2 is 1.86 bits per heavy atom. The van der Waals surface area contributed by atoms with Crippen LogP contribution >= 0.6 is 23.2 Å². The molecule has 154 valence electrons. The number of furan rings is 1.